The van der Waals surface area contributed by atoms with Crippen LogP contribution in [-0.2, 0) is 20.9 Å². The molecule has 7 heteroatoms. The quantitative estimate of drug-likeness (QED) is 0.886. The van der Waals surface area contributed by atoms with Gasteiger partial charge in [0, 0.05) is 31.9 Å². The summed E-state index contributed by atoms with van der Waals surface area (Å²) in [5.74, 6) is 0.787. The number of hydrogen-bond acceptors (Lipinski definition) is 4. The topological polar surface area (TPSA) is 76.5 Å². The van der Waals surface area contributed by atoms with Gasteiger partial charge in [-0.15, -0.1) is 0 Å². The number of nitrogens with one attached hydrogen (secondary N) is 1. The van der Waals surface area contributed by atoms with Gasteiger partial charge in [0.15, 0.2) is 0 Å². The number of ether oxygens (including phenoxy) is 1. The third-order valence-electron chi connectivity index (χ3n) is 5.77. The summed E-state index contributed by atoms with van der Waals surface area (Å²) in [6.07, 6.45) is 6.79. The van der Waals surface area contributed by atoms with Crippen LogP contribution in [0.4, 0.5) is 0 Å². The first-order valence-electron chi connectivity index (χ1n) is 9.39. The summed E-state index contributed by atoms with van der Waals surface area (Å²) in [6.45, 7) is 3.20. The molecule has 1 aliphatic carbocycles. The van der Waals surface area contributed by atoms with Crippen molar-refractivity contribution in [2.45, 2.75) is 44.7 Å². The van der Waals surface area contributed by atoms with Crippen molar-refractivity contribution in [2.24, 2.45) is 11.8 Å². The molecule has 3 aliphatic rings. The van der Waals surface area contributed by atoms with E-state index in [1.165, 1.54) is 0 Å². The molecule has 2 aliphatic heterocycles. The molecule has 0 aromatic carbocycles. The molecule has 1 saturated carbocycles. The summed E-state index contributed by atoms with van der Waals surface area (Å²) >= 11 is 0. The van der Waals surface area contributed by atoms with Crippen LogP contribution in [-0.4, -0.2) is 52.8 Å². The first-order valence-corrected chi connectivity index (χ1v) is 9.39. The molecule has 1 saturated heterocycles. The molecule has 1 aromatic rings. The van der Waals surface area contributed by atoms with Gasteiger partial charge in [-0.2, -0.15) is 5.10 Å². The van der Waals surface area contributed by atoms with Gasteiger partial charge in [-0.25, -0.2) is 0 Å². The molecule has 1 N–H and O–H groups in total. The zero-order valence-corrected chi connectivity index (χ0v) is 14.5. The lowest BCUT2D eigenvalue weighted by Crippen LogP contribution is -2.49. The Morgan fingerprint density at radius 2 is 2.04 bits per heavy atom. The Morgan fingerprint density at radius 1 is 1.24 bits per heavy atom. The lowest BCUT2D eigenvalue weighted by molar-refractivity contribution is -0.141. The van der Waals surface area contributed by atoms with E-state index >= 15 is 0 Å². The average Bonchev–Trinajstić information content (AvgIpc) is 3.06. The van der Waals surface area contributed by atoms with E-state index in [0.717, 1.165) is 51.0 Å². The minimum atomic E-state index is -0.428. The van der Waals surface area contributed by atoms with Gasteiger partial charge in [0.25, 0.3) is 0 Å². The Morgan fingerprint density at radius 3 is 2.76 bits per heavy atom. The van der Waals surface area contributed by atoms with E-state index in [0.29, 0.717) is 25.6 Å². The molecule has 4 rings (SSSR count). The Labute approximate surface area is 147 Å². The highest BCUT2D eigenvalue weighted by Gasteiger charge is 2.37. The summed E-state index contributed by atoms with van der Waals surface area (Å²) in [5, 5.41) is 7.40. The van der Waals surface area contributed by atoms with Crippen molar-refractivity contribution in [3.05, 3.63) is 18.0 Å². The highest BCUT2D eigenvalue weighted by molar-refractivity contribution is 5.83. The van der Waals surface area contributed by atoms with Gasteiger partial charge in [0.1, 0.15) is 6.04 Å². The van der Waals surface area contributed by atoms with Crippen LogP contribution >= 0.6 is 0 Å². The molecule has 2 fully saturated rings. The van der Waals surface area contributed by atoms with Gasteiger partial charge < -0.3 is 15.0 Å². The first-order chi connectivity index (χ1) is 12.2. The number of amides is 2. The predicted molar refractivity (Wildman–Crippen MR) is 90.6 cm³/mol. The van der Waals surface area contributed by atoms with Gasteiger partial charge >= 0.3 is 0 Å². The maximum absolute atomic E-state index is 12.8. The maximum atomic E-state index is 12.8. The standard InChI is InChI=1S/C18H26N4O3/c23-17(19-10-13-5-8-25-9-6-13)16-12-21(18(24)14-2-1-3-14)11-15-4-7-20-22(15)16/h4,7,13-14,16H,1-3,5-6,8-12H2,(H,19,23)/t16-/m1/s1. The molecule has 0 unspecified atom stereocenters. The normalized spacial score (nSPS) is 24.5. The van der Waals surface area contributed by atoms with E-state index < -0.39 is 6.04 Å². The predicted octanol–water partition coefficient (Wildman–Crippen LogP) is 1.11. The largest absolute Gasteiger partial charge is 0.381 e. The van der Waals surface area contributed by atoms with Crippen molar-refractivity contribution in [2.75, 3.05) is 26.3 Å². The molecule has 1 aromatic heterocycles. The van der Waals surface area contributed by atoms with Crippen molar-refractivity contribution in [1.29, 1.82) is 0 Å². The van der Waals surface area contributed by atoms with E-state index in [2.05, 4.69) is 10.4 Å². The molecule has 2 amide bonds. The fourth-order valence-electron chi connectivity index (χ4n) is 3.88. The summed E-state index contributed by atoms with van der Waals surface area (Å²) in [5.41, 5.74) is 0.935. The zero-order valence-electron chi connectivity index (χ0n) is 14.5. The molecular weight excluding hydrogens is 320 g/mol. The minimum Gasteiger partial charge on any atom is -0.381 e. The molecular formula is C18H26N4O3. The lowest BCUT2D eigenvalue weighted by atomic mass is 9.84. The highest BCUT2D eigenvalue weighted by Crippen LogP contribution is 2.31. The summed E-state index contributed by atoms with van der Waals surface area (Å²) in [7, 11) is 0. The van der Waals surface area contributed by atoms with Crippen molar-refractivity contribution >= 4 is 11.8 Å². The van der Waals surface area contributed by atoms with Crippen LogP contribution in [0.1, 0.15) is 43.8 Å². The number of nitrogens with zero attached hydrogens (tertiary/aromatic N) is 3. The SMILES string of the molecule is O=C(NCC1CCOCC1)[C@H]1CN(C(=O)C2CCC2)Cc2ccnn21. The second-order valence-electron chi connectivity index (χ2n) is 7.43. The summed E-state index contributed by atoms with van der Waals surface area (Å²) < 4.78 is 7.15. The molecule has 0 bridgehead atoms. The van der Waals surface area contributed by atoms with Crippen molar-refractivity contribution in [3.63, 3.8) is 0 Å². The average molecular weight is 346 g/mol. The number of fused-ring (bicyclic) bond motifs is 1. The molecule has 136 valence electrons. The van der Waals surface area contributed by atoms with Crippen LogP contribution in [0.15, 0.2) is 12.3 Å². The van der Waals surface area contributed by atoms with Crippen molar-refractivity contribution in [1.82, 2.24) is 20.0 Å². The van der Waals surface area contributed by atoms with Crippen LogP contribution in [0.25, 0.3) is 0 Å². The second-order valence-corrected chi connectivity index (χ2v) is 7.43. The van der Waals surface area contributed by atoms with Crippen LogP contribution in [0.3, 0.4) is 0 Å². The Balaban J connectivity index is 1.42. The van der Waals surface area contributed by atoms with E-state index in [1.54, 1.807) is 10.9 Å². The maximum Gasteiger partial charge on any atom is 0.246 e. The molecule has 25 heavy (non-hydrogen) atoms. The van der Waals surface area contributed by atoms with E-state index in [9.17, 15) is 9.59 Å². The van der Waals surface area contributed by atoms with Crippen LogP contribution in [0.2, 0.25) is 0 Å². The van der Waals surface area contributed by atoms with Crippen molar-refractivity contribution in [3.8, 4) is 0 Å². The van der Waals surface area contributed by atoms with Gasteiger partial charge in [-0.3, -0.25) is 14.3 Å². The van der Waals surface area contributed by atoms with Crippen LogP contribution < -0.4 is 5.32 Å². The molecule has 7 nitrogen and oxygen atoms in total. The third kappa shape index (κ3) is 3.42. The van der Waals surface area contributed by atoms with Crippen LogP contribution in [0, 0.1) is 11.8 Å². The van der Waals surface area contributed by atoms with Gasteiger partial charge in [-0.05, 0) is 37.7 Å². The Bertz CT molecular complexity index is 634. The smallest absolute Gasteiger partial charge is 0.246 e. The molecule has 3 heterocycles. The van der Waals surface area contributed by atoms with Gasteiger partial charge in [0.05, 0.1) is 18.8 Å². The van der Waals surface area contributed by atoms with Gasteiger partial charge in [-0.1, -0.05) is 6.42 Å². The number of hydrogen-bond donors (Lipinski definition) is 1. The zero-order chi connectivity index (χ0) is 17.2. The number of carbonyl (C=O) groups excluding carboxylic acids is 2. The molecule has 0 spiro atoms. The monoisotopic (exact) mass is 346 g/mol. The fourth-order valence-corrected chi connectivity index (χ4v) is 3.88. The Kier molecular flexibility index (Phi) is 4.74. The minimum absolute atomic E-state index is 0.0393. The van der Waals surface area contributed by atoms with E-state index in [4.69, 9.17) is 4.74 Å². The Hall–Kier alpha value is -1.89. The van der Waals surface area contributed by atoms with Crippen molar-refractivity contribution < 1.29 is 14.3 Å². The molecule has 1 atom stereocenters. The first kappa shape index (κ1) is 16.6. The summed E-state index contributed by atoms with van der Waals surface area (Å²) in [6, 6.07) is 1.47. The third-order valence-corrected chi connectivity index (χ3v) is 5.77. The van der Waals surface area contributed by atoms with E-state index in [-0.39, 0.29) is 17.7 Å². The molecule has 0 radical (unpaired) electrons. The summed E-state index contributed by atoms with van der Waals surface area (Å²) in [4.78, 5) is 27.3. The van der Waals surface area contributed by atoms with Crippen LogP contribution in [0.5, 0.6) is 0 Å². The van der Waals surface area contributed by atoms with Gasteiger partial charge in [0.2, 0.25) is 11.8 Å². The lowest BCUT2D eigenvalue weighted by Gasteiger charge is -2.37. The number of rotatable bonds is 4. The number of carbonyl (C=O) groups is 2. The fraction of sp³-hybridized carbons (Fsp3) is 0.722. The van der Waals surface area contributed by atoms with E-state index in [1.807, 2.05) is 11.0 Å². The highest BCUT2D eigenvalue weighted by atomic mass is 16.5. The second kappa shape index (κ2) is 7.15. The number of aromatic nitrogens is 2.